The topological polar surface area (TPSA) is 50.2 Å². The van der Waals surface area contributed by atoms with Crippen LogP contribution in [-0.4, -0.2) is 46.8 Å². The number of carbonyl (C=O) groups is 1. The monoisotopic (exact) mass is 330 g/mol. The predicted octanol–water partition coefficient (Wildman–Crippen LogP) is 2.07. The van der Waals surface area contributed by atoms with Gasteiger partial charge in [-0.3, -0.25) is 9.48 Å². The van der Waals surface area contributed by atoms with Gasteiger partial charge in [0.25, 0.3) is 5.91 Å². The molecule has 1 fully saturated rings. The molecule has 122 valence electrons. The lowest BCUT2D eigenvalue weighted by Crippen LogP contribution is -2.34. The third kappa shape index (κ3) is 2.70. The van der Waals surface area contributed by atoms with E-state index in [4.69, 9.17) is 0 Å². The number of aryl methyl sites for hydroxylation is 2. The van der Waals surface area contributed by atoms with Crippen LogP contribution in [0.15, 0.2) is 11.4 Å². The molecular formula is C17H22N4OS. The van der Waals surface area contributed by atoms with Gasteiger partial charge in [-0.25, -0.2) is 0 Å². The van der Waals surface area contributed by atoms with Gasteiger partial charge in [0.05, 0.1) is 5.69 Å². The van der Waals surface area contributed by atoms with Crippen molar-refractivity contribution in [2.75, 3.05) is 26.2 Å². The first-order chi connectivity index (χ1) is 11.2. The molecule has 0 unspecified atom stereocenters. The number of thiophene rings is 1. The fourth-order valence-corrected chi connectivity index (χ4v) is 4.61. The molecule has 2 aromatic rings. The van der Waals surface area contributed by atoms with E-state index in [0.717, 1.165) is 43.7 Å². The molecule has 23 heavy (non-hydrogen) atoms. The molecule has 0 radical (unpaired) electrons. The molecule has 0 aromatic carbocycles. The number of fused-ring (bicyclic) bond motifs is 3. The highest BCUT2D eigenvalue weighted by atomic mass is 32.1. The van der Waals surface area contributed by atoms with E-state index in [1.54, 1.807) is 11.3 Å². The van der Waals surface area contributed by atoms with Gasteiger partial charge >= 0.3 is 0 Å². The highest BCUT2D eigenvalue weighted by Gasteiger charge is 2.27. The number of aromatic nitrogens is 2. The predicted molar refractivity (Wildman–Crippen MR) is 91.9 cm³/mol. The molecule has 1 saturated heterocycles. The van der Waals surface area contributed by atoms with Gasteiger partial charge in [0.2, 0.25) is 0 Å². The van der Waals surface area contributed by atoms with Crippen molar-refractivity contribution < 1.29 is 4.79 Å². The fraction of sp³-hybridized carbons (Fsp3) is 0.529. The standard InChI is InChI=1S/C17H22N4OS/c1-20-16-12-6-11-23-14(12)5-4-13(16)15(19-20)17(22)18-7-10-21-8-2-3-9-21/h6,11H,2-5,7-10H2,1H3,(H,18,22). The van der Waals surface area contributed by atoms with Crippen LogP contribution in [0, 0.1) is 0 Å². The molecule has 3 heterocycles. The maximum atomic E-state index is 12.6. The summed E-state index contributed by atoms with van der Waals surface area (Å²) < 4.78 is 1.87. The molecule has 2 aromatic heterocycles. The molecule has 0 atom stereocenters. The Hall–Kier alpha value is -1.66. The molecule has 1 aliphatic heterocycles. The Morgan fingerprint density at radius 2 is 2.17 bits per heavy atom. The number of rotatable bonds is 4. The summed E-state index contributed by atoms with van der Waals surface area (Å²) in [4.78, 5) is 16.4. The molecule has 5 nitrogen and oxygen atoms in total. The van der Waals surface area contributed by atoms with Crippen LogP contribution in [0.2, 0.25) is 0 Å². The third-order valence-corrected chi connectivity index (χ3v) is 5.86. The first-order valence-electron chi connectivity index (χ1n) is 8.37. The zero-order valence-corrected chi connectivity index (χ0v) is 14.3. The fourth-order valence-electron chi connectivity index (χ4n) is 3.73. The zero-order valence-electron chi connectivity index (χ0n) is 13.5. The van der Waals surface area contributed by atoms with Crippen molar-refractivity contribution in [1.29, 1.82) is 0 Å². The van der Waals surface area contributed by atoms with Crippen molar-refractivity contribution in [3.63, 3.8) is 0 Å². The number of likely N-dealkylation sites (tertiary alicyclic amines) is 1. The average Bonchev–Trinajstić information content (AvgIpc) is 3.26. The van der Waals surface area contributed by atoms with Crippen LogP contribution in [0.1, 0.15) is 33.8 Å². The van der Waals surface area contributed by atoms with E-state index in [9.17, 15) is 4.79 Å². The molecule has 1 N–H and O–H groups in total. The Morgan fingerprint density at radius 1 is 1.35 bits per heavy atom. The number of hydrogen-bond donors (Lipinski definition) is 1. The molecule has 0 bridgehead atoms. The molecule has 2 aliphatic rings. The number of amides is 1. The largest absolute Gasteiger partial charge is 0.349 e. The van der Waals surface area contributed by atoms with Crippen LogP contribution in [0.4, 0.5) is 0 Å². The number of nitrogens with one attached hydrogen (secondary N) is 1. The van der Waals surface area contributed by atoms with E-state index in [-0.39, 0.29) is 5.91 Å². The first-order valence-corrected chi connectivity index (χ1v) is 9.25. The second-order valence-corrected chi connectivity index (χ2v) is 7.36. The highest BCUT2D eigenvalue weighted by Crippen LogP contribution is 2.37. The second kappa shape index (κ2) is 6.09. The summed E-state index contributed by atoms with van der Waals surface area (Å²) in [5.41, 5.74) is 4.09. The minimum Gasteiger partial charge on any atom is -0.349 e. The smallest absolute Gasteiger partial charge is 0.272 e. The normalized spacial score (nSPS) is 17.1. The Bertz CT molecular complexity index is 727. The number of nitrogens with zero attached hydrogens (tertiary/aromatic N) is 3. The van der Waals surface area contributed by atoms with Gasteiger partial charge in [-0.1, -0.05) is 0 Å². The average molecular weight is 330 g/mol. The van der Waals surface area contributed by atoms with Crippen LogP contribution in [0.5, 0.6) is 0 Å². The second-order valence-electron chi connectivity index (χ2n) is 6.36. The minimum absolute atomic E-state index is 0.0280. The molecule has 0 saturated carbocycles. The Morgan fingerprint density at radius 3 is 3.00 bits per heavy atom. The van der Waals surface area contributed by atoms with Crippen LogP contribution in [0.25, 0.3) is 11.3 Å². The van der Waals surface area contributed by atoms with Gasteiger partial charge in [-0.05, 0) is 50.2 Å². The van der Waals surface area contributed by atoms with Gasteiger partial charge < -0.3 is 10.2 Å². The van der Waals surface area contributed by atoms with E-state index in [0.29, 0.717) is 12.2 Å². The lowest BCUT2D eigenvalue weighted by molar-refractivity contribution is 0.0943. The number of hydrogen-bond acceptors (Lipinski definition) is 4. The Labute approximate surface area is 140 Å². The Kier molecular flexibility index (Phi) is 3.95. The van der Waals surface area contributed by atoms with Crippen molar-refractivity contribution in [1.82, 2.24) is 20.0 Å². The zero-order chi connectivity index (χ0) is 15.8. The van der Waals surface area contributed by atoms with Crippen LogP contribution in [-0.2, 0) is 19.9 Å². The molecular weight excluding hydrogens is 308 g/mol. The summed E-state index contributed by atoms with van der Waals surface area (Å²) in [5.74, 6) is -0.0280. The summed E-state index contributed by atoms with van der Waals surface area (Å²) >= 11 is 1.80. The maximum absolute atomic E-state index is 12.6. The van der Waals surface area contributed by atoms with Gasteiger partial charge in [0.15, 0.2) is 5.69 Å². The summed E-state index contributed by atoms with van der Waals surface area (Å²) in [7, 11) is 1.94. The molecule has 4 rings (SSSR count). The minimum atomic E-state index is -0.0280. The van der Waals surface area contributed by atoms with Gasteiger partial charge in [-0.15, -0.1) is 11.3 Å². The third-order valence-electron chi connectivity index (χ3n) is 4.88. The quantitative estimate of drug-likeness (QED) is 0.934. The van der Waals surface area contributed by atoms with E-state index < -0.39 is 0 Å². The lowest BCUT2D eigenvalue weighted by Gasteiger charge is -2.15. The SMILES string of the molecule is Cn1nc(C(=O)NCCN2CCCC2)c2c1-c1ccsc1CC2. The molecule has 0 spiro atoms. The molecule has 1 amide bonds. The summed E-state index contributed by atoms with van der Waals surface area (Å²) in [6.07, 6.45) is 4.49. The number of carbonyl (C=O) groups excluding carboxylic acids is 1. The summed E-state index contributed by atoms with van der Waals surface area (Å²) in [6.45, 7) is 3.97. The van der Waals surface area contributed by atoms with Crippen LogP contribution < -0.4 is 5.32 Å². The maximum Gasteiger partial charge on any atom is 0.272 e. The van der Waals surface area contributed by atoms with Crippen molar-refractivity contribution in [3.8, 4) is 11.3 Å². The van der Waals surface area contributed by atoms with Gasteiger partial charge in [0.1, 0.15) is 0 Å². The van der Waals surface area contributed by atoms with Crippen molar-refractivity contribution in [2.45, 2.75) is 25.7 Å². The van der Waals surface area contributed by atoms with E-state index in [2.05, 4.69) is 26.8 Å². The van der Waals surface area contributed by atoms with Crippen molar-refractivity contribution in [2.24, 2.45) is 7.05 Å². The van der Waals surface area contributed by atoms with E-state index in [1.165, 1.54) is 23.3 Å². The van der Waals surface area contributed by atoms with E-state index >= 15 is 0 Å². The van der Waals surface area contributed by atoms with Crippen molar-refractivity contribution in [3.05, 3.63) is 27.6 Å². The Balaban J connectivity index is 1.49. The van der Waals surface area contributed by atoms with Gasteiger partial charge in [0, 0.05) is 36.1 Å². The van der Waals surface area contributed by atoms with Crippen LogP contribution >= 0.6 is 11.3 Å². The summed E-state index contributed by atoms with van der Waals surface area (Å²) in [6, 6.07) is 2.15. The molecule has 1 aliphatic carbocycles. The van der Waals surface area contributed by atoms with Gasteiger partial charge in [-0.2, -0.15) is 5.10 Å². The first kappa shape index (κ1) is 14.9. The highest BCUT2D eigenvalue weighted by molar-refractivity contribution is 7.10. The lowest BCUT2D eigenvalue weighted by atomic mass is 9.94. The van der Waals surface area contributed by atoms with Crippen molar-refractivity contribution >= 4 is 17.2 Å². The molecule has 6 heteroatoms. The van der Waals surface area contributed by atoms with E-state index in [1.807, 2.05) is 11.7 Å². The summed E-state index contributed by atoms with van der Waals surface area (Å²) in [5, 5.41) is 9.70. The van der Waals surface area contributed by atoms with Crippen LogP contribution in [0.3, 0.4) is 0 Å².